The number of fused-ring (bicyclic) bond motifs is 1. The third kappa shape index (κ3) is 2.22. The molecule has 1 unspecified atom stereocenters. The molecule has 2 aliphatic rings. The first-order chi connectivity index (χ1) is 10.3. The van der Waals surface area contributed by atoms with Crippen molar-refractivity contribution in [2.75, 3.05) is 0 Å². The van der Waals surface area contributed by atoms with Gasteiger partial charge in [-0.1, -0.05) is 60.7 Å². The standard InChI is InChI=1S/C18H13ClN2/c19-15-14-16(12-8-6-3-7-9-12)20-18(21-17(14)15)13-10-4-1-2-5-11-13/h1-10,15H,11H2. The van der Waals surface area contributed by atoms with Crippen LogP contribution < -0.4 is 0 Å². The van der Waals surface area contributed by atoms with Crippen molar-refractivity contribution in [1.82, 2.24) is 9.97 Å². The van der Waals surface area contributed by atoms with Crippen molar-refractivity contribution < 1.29 is 0 Å². The number of halogens is 1. The molecule has 0 saturated heterocycles. The molecule has 2 aliphatic carbocycles. The second-order valence-electron chi connectivity index (χ2n) is 5.13. The predicted octanol–water partition coefficient (Wildman–Crippen LogP) is 4.68. The van der Waals surface area contributed by atoms with Gasteiger partial charge in [0.25, 0.3) is 0 Å². The summed E-state index contributed by atoms with van der Waals surface area (Å²) in [4.78, 5) is 9.40. The van der Waals surface area contributed by atoms with E-state index in [0.29, 0.717) is 0 Å². The van der Waals surface area contributed by atoms with Crippen LogP contribution in [0.1, 0.15) is 28.9 Å². The molecule has 1 aromatic carbocycles. The third-order valence-corrected chi connectivity index (χ3v) is 4.14. The molecule has 0 fully saturated rings. The fraction of sp³-hybridized carbons (Fsp3) is 0.111. The second kappa shape index (κ2) is 4.97. The van der Waals surface area contributed by atoms with Crippen LogP contribution in [0.15, 0.2) is 60.7 Å². The van der Waals surface area contributed by atoms with Crippen LogP contribution in [-0.2, 0) is 0 Å². The van der Waals surface area contributed by atoms with Crippen LogP contribution in [0.2, 0.25) is 0 Å². The van der Waals surface area contributed by atoms with E-state index < -0.39 is 0 Å². The molecule has 0 amide bonds. The molecule has 102 valence electrons. The SMILES string of the molecule is ClC1c2nc(C3=CC=CC=CC3)nc(-c3ccccc3)c21. The van der Waals surface area contributed by atoms with Crippen molar-refractivity contribution in [1.29, 1.82) is 0 Å². The number of hydrogen-bond donors (Lipinski definition) is 0. The number of aromatic nitrogens is 2. The minimum Gasteiger partial charge on any atom is -0.231 e. The van der Waals surface area contributed by atoms with E-state index in [2.05, 4.69) is 29.3 Å². The van der Waals surface area contributed by atoms with E-state index in [1.54, 1.807) is 0 Å². The summed E-state index contributed by atoms with van der Waals surface area (Å²) in [5, 5.41) is -0.0843. The van der Waals surface area contributed by atoms with Crippen LogP contribution in [0.5, 0.6) is 0 Å². The van der Waals surface area contributed by atoms with Crippen LogP contribution in [0.25, 0.3) is 16.8 Å². The molecule has 4 rings (SSSR count). The van der Waals surface area contributed by atoms with Gasteiger partial charge in [-0.05, 0) is 6.42 Å². The highest BCUT2D eigenvalue weighted by molar-refractivity contribution is 6.26. The highest BCUT2D eigenvalue weighted by atomic mass is 35.5. The number of hydrogen-bond acceptors (Lipinski definition) is 2. The minimum absolute atomic E-state index is 0.0843. The Morgan fingerprint density at radius 2 is 1.86 bits per heavy atom. The van der Waals surface area contributed by atoms with Crippen molar-refractivity contribution in [3.63, 3.8) is 0 Å². The molecular formula is C18H13ClN2. The molecule has 1 heterocycles. The zero-order valence-electron chi connectivity index (χ0n) is 11.3. The lowest BCUT2D eigenvalue weighted by molar-refractivity contribution is 1.11. The quantitative estimate of drug-likeness (QED) is 0.751. The Hall–Kier alpha value is -2.19. The van der Waals surface area contributed by atoms with Gasteiger partial charge in [0.05, 0.1) is 11.4 Å². The lowest BCUT2D eigenvalue weighted by Gasteiger charge is -2.05. The molecule has 0 spiro atoms. The minimum atomic E-state index is -0.0843. The summed E-state index contributed by atoms with van der Waals surface area (Å²) in [7, 11) is 0. The maximum Gasteiger partial charge on any atom is 0.156 e. The normalized spacial score (nSPS) is 18.9. The Morgan fingerprint density at radius 3 is 2.71 bits per heavy atom. The summed E-state index contributed by atoms with van der Waals surface area (Å²) in [6.07, 6.45) is 11.1. The highest BCUT2D eigenvalue weighted by Gasteiger charge is 2.38. The van der Waals surface area contributed by atoms with Gasteiger partial charge in [0.2, 0.25) is 0 Å². The maximum atomic E-state index is 6.33. The van der Waals surface area contributed by atoms with Crippen LogP contribution >= 0.6 is 11.6 Å². The van der Waals surface area contributed by atoms with E-state index in [4.69, 9.17) is 16.6 Å². The van der Waals surface area contributed by atoms with Gasteiger partial charge >= 0.3 is 0 Å². The third-order valence-electron chi connectivity index (χ3n) is 3.71. The van der Waals surface area contributed by atoms with Gasteiger partial charge in [-0.2, -0.15) is 0 Å². The average Bonchev–Trinajstić information content (AvgIpc) is 3.26. The molecule has 21 heavy (non-hydrogen) atoms. The van der Waals surface area contributed by atoms with Gasteiger partial charge in [-0.3, -0.25) is 0 Å². The summed E-state index contributed by atoms with van der Waals surface area (Å²) >= 11 is 6.33. The first kappa shape index (κ1) is 12.5. The van der Waals surface area contributed by atoms with Crippen molar-refractivity contribution in [2.24, 2.45) is 0 Å². The molecule has 0 N–H and O–H groups in total. The smallest absolute Gasteiger partial charge is 0.156 e. The zero-order valence-corrected chi connectivity index (χ0v) is 12.1. The summed E-state index contributed by atoms with van der Waals surface area (Å²) < 4.78 is 0. The Bertz CT molecular complexity index is 788. The Labute approximate surface area is 128 Å². The van der Waals surface area contributed by atoms with Crippen molar-refractivity contribution in [2.45, 2.75) is 11.8 Å². The van der Waals surface area contributed by atoms with Crippen molar-refractivity contribution in [3.8, 4) is 11.3 Å². The van der Waals surface area contributed by atoms with E-state index in [9.17, 15) is 0 Å². The van der Waals surface area contributed by atoms with Gasteiger partial charge in [-0.25, -0.2) is 9.97 Å². The zero-order chi connectivity index (χ0) is 14.2. The number of alkyl halides is 1. The first-order valence-corrected chi connectivity index (χ1v) is 7.42. The van der Waals surface area contributed by atoms with Gasteiger partial charge in [0.1, 0.15) is 5.38 Å². The van der Waals surface area contributed by atoms with E-state index in [-0.39, 0.29) is 5.38 Å². The Kier molecular flexibility index (Phi) is 2.97. The summed E-state index contributed by atoms with van der Waals surface area (Å²) in [6.45, 7) is 0. The van der Waals surface area contributed by atoms with Crippen molar-refractivity contribution >= 4 is 17.2 Å². The molecule has 1 aromatic heterocycles. The van der Waals surface area contributed by atoms with Crippen LogP contribution in [-0.4, -0.2) is 9.97 Å². The highest BCUT2D eigenvalue weighted by Crippen LogP contribution is 2.50. The maximum absolute atomic E-state index is 6.33. The second-order valence-corrected chi connectivity index (χ2v) is 5.57. The molecule has 1 atom stereocenters. The van der Waals surface area contributed by atoms with Crippen LogP contribution in [0.3, 0.4) is 0 Å². The van der Waals surface area contributed by atoms with Gasteiger partial charge < -0.3 is 0 Å². The molecule has 0 bridgehead atoms. The molecule has 2 nitrogen and oxygen atoms in total. The van der Waals surface area contributed by atoms with Gasteiger partial charge in [0.15, 0.2) is 5.82 Å². The summed E-state index contributed by atoms with van der Waals surface area (Å²) in [5.41, 5.74) is 5.23. The molecule has 0 aliphatic heterocycles. The van der Waals surface area contributed by atoms with Crippen molar-refractivity contribution in [3.05, 3.63) is 77.8 Å². The average molecular weight is 293 g/mol. The number of benzene rings is 1. The van der Waals surface area contributed by atoms with E-state index in [0.717, 1.165) is 40.3 Å². The molecule has 3 heteroatoms. The fourth-order valence-corrected chi connectivity index (χ4v) is 2.87. The fourth-order valence-electron chi connectivity index (χ4n) is 2.55. The lowest BCUT2D eigenvalue weighted by atomic mass is 10.1. The first-order valence-electron chi connectivity index (χ1n) is 6.98. The summed E-state index contributed by atoms with van der Waals surface area (Å²) in [5.74, 6) is 0.784. The molecular weight excluding hydrogens is 280 g/mol. The monoisotopic (exact) mass is 292 g/mol. The predicted molar refractivity (Wildman–Crippen MR) is 86.0 cm³/mol. The lowest BCUT2D eigenvalue weighted by Crippen LogP contribution is -1.95. The van der Waals surface area contributed by atoms with E-state index >= 15 is 0 Å². The van der Waals surface area contributed by atoms with E-state index in [1.165, 1.54) is 0 Å². The van der Waals surface area contributed by atoms with Crippen LogP contribution in [0, 0.1) is 0 Å². The molecule has 2 aromatic rings. The summed E-state index contributed by atoms with van der Waals surface area (Å²) in [6, 6.07) is 10.2. The van der Waals surface area contributed by atoms with E-state index in [1.807, 2.05) is 36.4 Å². The van der Waals surface area contributed by atoms with Gasteiger partial charge in [-0.15, -0.1) is 11.6 Å². The Balaban J connectivity index is 1.84. The van der Waals surface area contributed by atoms with Crippen LogP contribution in [0.4, 0.5) is 0 Å². The number of rotatable bonds is 2. The molecule has 0 radical (unpaired) electrons. The largest absolute Gasteiger partial charge is 0.231 e. The molecule has 0 saturated carbocycles. The Morgan fingerprint density at radius 1 is 1.00 bits per heavy atom. The topological polar surface area (TPSA) is 25.8 Å². The number of nitrogens with zero attached hydrogens (tertiary/aromatic N) is 2. The number of allylic oxidation sites excluding steroid dienone is 6. The van der Waals surface area contributed by atoms with Gasteiger partial charge in [0, 0.05) is 16.7 Å².